The second kappa shape index (κ2) is 7.92. The summed E-state index contributed by atoms with van der Waals surface area (Å²) in [7, 11) is 0. The van der Waals surface area contributed by atoms with Crippen LogP contribution in [-0.2, 0) is 17.8 Å². The summed E-state index contributed by atoms with van der Waals surface area (Å²) in [6, 6.07) is 8.29. The molecule has 2 rings (SSSR count). The first-order valence-electron chi connectivity index (χ1n) is 6.67. The molecule has 2 aromatic rings. The van der Waals surface area contributed by atoms with Crippen LogP contribution in [0.5, 0.6) is 0 Å². The van der Waals surface area contributed by atoms with Crippen LogP contribution in [0.4, 0.5) is 5.82 Å². The van der Waals surface area contributed by atoms with Crippen molar-refractivity contribution in [2.45, 2.75) is 26.4 Å². The average molecular weight is 276 g/mol. The number of rotatable bonds is 8. The number of anilines is 1. The molecule has 2 aromatic heterocycles. The third-order valence-corrected chi connectivity index (χ3v) is 3.66. The number of hydrogen-bond donors (Lipinski definition) is 1. The quantitative estimate of drug-likeness (QED) is 0.746. The van der Waals surface area contributed by atoms with Crippen molar-refractivity contribution in [3.8, 4) is 0 Å². The maximum atomic E-state index is 5.66. The lowest BCUT2D eigenvalue weighted by Gasteiger charge is -2.06. The minimum absolute atomic E-state index is 0.631. The van der Waals surface area contributed by atoms with Gasteiger partial charge in [-0.05, 0) is 29.5 Å². The maximum Gasteiger partial charge on any atom is 0.125 e. The molecular formula is C15H20N2OS. The second-order valence-corrected chi connectivity index (χ2v) is 5.39. The molecule has 0 aliphatic heterocycles. The van der Waals surface area contributed by atoms with Crippen LogP contribution in [0.3, 0.4) is 0 Å². The first kappa shape index (κ1) is 14.0. The van der Waals surface area contributed by atoms with E-state index in [1.807, 2.05) is 12.3 Å². The third-order valence-electron chi connectivity index (χ3n) is 2.72. The molecule has 3 nitrogen and oxygen atoms in total. The number of thiophene rings is 1. The van der Waals surface area contributed by atoms with Crippen molar-refractivity contribution in [1.82, 2.24) is 4.98 Å². The smallest absolute Gasteiger partial charge is 0.125 e. The van der Waals surface area contributed by atoms with Crippen molar-refractivity contribution in [3.05, 3.63) is 46.3 Å². The fourth-order valence-electron chi connectivity index (χ4n) is 1.69. The Morgan fingerprint density at radius 1 is 1.32 bits per heavy atom. The molecule has 0 aliphatic rings. The van der Waals surface area contributed by atoms with Gasteiger partial charge in [0.2, 0.25) is 0 Å². The fraction of sp³-hybridized carbons (Fsp3) is 0.400. The highest BCUT2D eigenvalue weighted by Crippen LogP contribution is 2.10. The maximum absolute atomic E-state index is 5.66. The lowest BCUT2D eigenvalue weighted by atomic mass is 10.3. The number of ether oxygens (including phenoxy) is 1. The summed E-state index contributed by atoms with van der Waals surface area (Å²) in [4.78, 5) is 5.73. The first-order valence-corrected chi connectivity index (χ1v) is 7.55. The fourth-order valence-corrected chi connectivity index (χ4v) is 2.38. The van der Waals surface area contributed by atoms with Crippen molar-refractivity contribution in [2.75, 3.05) is 18.5 Å². The van der Waals surface area contributed by atoms with Crippen LogP contribution in [-0.4, -0.2) is 18.1 Å². The molecule has 19 heavy (non-hydrogen) atoms. The zero-order chi connectivity index (χ0) is 13.3. The molecule has 1 N–H and O–H groups in total. The van der Waals surface area contributed by atoms with E-state index in [1.165, 1.54) is 4.88 Å². The predicted octanol–water partition coefficient (Wildman–Crippen LogP) is 3.72. The van der Waals surface area contributed by atoms with Gasteiger partial charge in [0.1, 0.15) is 5.82 Å². The predicted molar refractivity (Wildman–Crippen MR) is 80.7 cm³/mol. The van der Waals surface area contributed by atoms with Gasteiger partial charge in [-0.3, -0.25) is 0 Å². The molecule has 0 radical (unpaired) electrons. The van der Waals surface area contributed by atoms with E-state index >= 15 is 0 Å². The van der Waals surface area contributed by atoms with Gasteiger partial charge in [0.05, 0.1) is 13.2 Å². The SMILES string of the molecule is CCCNc1ccc(COCCc2cccs2)cn1. The summed E-state index contributed by atoms with van der Waals surface area (Å²) in [5.41, 5.74) is 1.12. The van der Waals surface area contributed by atoms with E-state index in [0.717, 1.165) is 37.4 Å². The van der Waals surface area contributed by atoms with Gasteiger partial charge >= 0.3 is 0 Å². The molecule has 0 bridgehead atoms. The lowest BCUT2D eigenvalue weighted by Crippen LogP contribution is -2.02. The van der Waals surface area contributed by atoms with E-state index in [9.17, 15) is 0 Å². The molecule has 0 saturated carbocycles. The monoisotopic (exact) mass is 276 g/mol. The van der Waals surface area contributed by atoms with E-state index in [0.29, 0.717) is 6.61 Å². The van der Waals surface area contributed by atoms with Crippen LogP contribution in [0.2, 0.25) is 0 Å². The van der Waals surface area contributed by atoms with Gasteiger partial charge in [-0.2, -0.15) is 0 Å². The van der Waals surface area contributed by atoms with Crippen LogP contribution in [0, 0.1) is 0 Å². The van der Waals surface area contributed by atoms with Gasteiger partial charge in [0, 0.05) is 24.0 Å². The highest BCUT2D eigenvalue weighted by atomic mass is 32.1. The molecule has 2 heterocycles. The molecule has 4 heteroatoms. The summed E-state index contributed by atoms with van der Waals surface area (Å²) < 4.78 is 5.66. The van der Waals surface area contributed by atoms with Gasteiger partial charge < -0.3 is 10.1 Å². The largest absolute Gasteiger partial charge is 0.376 e. The normalized spacial score (nSPS) is 10.6. The van der Waals surface area contributed by atoms with Crippen molar-refractivity contribution in [1.29, 1.82) is 0 Å². The number of nitrogens with zero attached hydrogens (tertiary/aromatic N) is 1. The Labute approximate surface area is 118 Å². The molecule has 0 atom stereocenters. The minimum Gasteiger partial charge on any atom is -0.376 e. The average Bonchev–Trinajstić information content (AvgIpc) is 2.96. The van der Waals surface area contributed by atoms with Crippen LogP contribution < -0.4 is 5.32 Å². The van der Waals surface area contributed by atoms with E-state index in [4.69, 9.17) is 4.74 Å². The first-order chi connectivity index (χ1) is 9.38. The van der Waals surface area contributed by atoms with E-state index < -0.39 is 0 Å². The van der Waals surface area contributed by atoms with Gasteiger partial charge in [0.15, 0.2) is 0 Å². The minimum atomic E-state index is 0.631. The Morgan fingerprint density at radius 2 is 2.26 bits per heavy atom. The second-order valence-electron chi connectivity index (χ2n) is 4.36. The summed E-state index contributed by atoms with van der Waals surface area (Å²) in [5, 5.41) is 5.36. The van der Waals surface area contributed by atoms with Gasteiger partial charge in [-0.1, -0.05) is 19.1 Å². The Bertz CT molecular complexity index is 454. The Balaban J connectivity index is 1.68. The molecule has 0 unspecified atom stereocenters. The topological polar surface area (TPSA) is 34.1 Å². The number of pyridine rings is 1. The summed E-state index contributed by atoms with van der Waals surface area (Å²) >= 11 is 1.78. The summed E-state index contributed by atoms with van der Waals surface area (Å²) in [6.45, 7) is 4.50. The third kappa shape index (κ3) is 5.01. The zero-order valence-electron chi connectivity index (χ0n) is 11.3. The molecular weight excluding hydrogens is 256 g/mol. The Kier molecular flexibility index (Phi) is 5.85. The summed E-state index contributed by atoms with van der Waals surface area (Å²) in [6.07, 6.45) is 3.97. The Hall–Kier alpha value is -1.39. The number of hydrogen-bond acceptors (Lipinski definition) is 4. The molecule has 0 aliphatic carbocycles. The van der Waals surface area contributed by atoms with Gasteiger partial charge in [-0.15, -0.1) is 11.3 Å². The van der Waals surface area contributed by atoms with Gasteiger partial charge in [0.25, 0.3) is 0 Å². The van der Waals surface area contributed by atoms with Crippen LogP contribution in [0.25, 0.3) is 0 Å². The molecule has 0 saturated heterocycles. The standard InChI is InChI=1S/C15H20N2OS/c1-2-8-16-15-6-5-13(11-17-15)12-18-9-7-14-4-3-10-19-14/h3-6,10-11H,2,7-9,12H2,1H3,(H,16,17). The van der Waals surface area contributed by atoms with E-state index in [1.54, 1.807) is 11.3 Å². The molecule has 0 spiro atoms. The van der Waals surface area contributed by atoms with Crippen molar-refractivity contribution < 1.29 is 4.74 Å². The molecule has 0 aromatic carbocycles. The summed E-state index contributed by atoms with van der Waals surface area (Å²) in [5.74, 6) is 0.934. The molecule has 0 fully saturated rings. The zero-order valence-corrected chi connectivity index (χ0v) is 12.1. The van der Waals surface area contributed by atoms with Crippen molar-refractivity contribution >= 4 is 17.2 Å². The molecule has 0 amide bonds. The number of aromatic nitrogens is 1. The van der Waals surface area contributed by atoms with Crippen LogP contribution >= 0.6 is 11.3 Å². The highest BCUT2D eigenvalue weighted by Gasteiger charge is 1.97. The molecule has 102 valence electrons. The lowest BCUT2D eigenvalue weighted by molar-refractivity contribution is 0.124. The van der Waals surface area contributed by atoms with Crippen molar-refractivity contribution in [3.63, 3.8) is 0 Å². The Morgan fingerprint density at radius 3 is 2.95 bits per heavy atom. The van der Waals surface area contributed by atoms with Crippen LogP contribution in [0.15, 0.2) is 35.8 Å². The highest BCUT2D eigenvalue weighted by molar-refractivity contribution is 7.09. The number of nitrogens with one attached hydrogen (secondary N) is 1. The van der Waals surface area contributed by atoms with Crippen molar-refractivity contribution in [2.24, 2.45) is 0 Å². The van der Waals surface area contributed by atoms with Gasteiger partial charge in [-0.25, -0.2) is 4.98 Å². The van der Waals surface area contributed by atoms with Crippen LogP contribution in [0.1, 0.15) is 23.8 Å². The van der Waals surface area contributed by atoms with E-state index in [-0.39, 0.29) is 0 Å². The van der Waals surface area contributed by atoms with E-state index in [2.05, 4.69) is 40.8 Å².